The van der Waals surface area contributed by atoms with Crippen LogP contribution in [0.3, 0.4) is 0 Å². The number of aryl methyl sites for hydroxylation is 1. The zero-order chi connectivity index (χ0) is 17.9. The van der Waals surface area contributed by atoms with E-state index in [0.717, 1.165) is 34.8 Å². The minimum Gasteiger partial charge on any atom is -0.309 e. The third-order valence-corrected chi connectivity index (χ3v) is 5.74. The van der Waals surface area contributed by atoms with Crippen LogP contribution in [-0.4, -0.2) is 25.5 Å². The second-order valence-electron chi connectivity index (χ2n) is 6.84. The van der Waals surface area contributed by atoms with Gasteiger partial charge in [-0.2, -0.15) is 10.2 Å². The number of aromatic nitrogens is 4. The maximum Gasteiger partial charge on any atom is 0.247 e. The molecule has 6 nitrogen and oxygen atoms in total. The van der Waals surface area contributed by atoms with E-state index in [1.807, 2.05) is 41.4 Å². The van der Waals surface area contributed by atoms with Gasteiger partial charge in [0.15, 0.2) is 0 Å². The Kier molecular flexibility index (Phi) is 4.88. The number of carbonyl (C=O) groups is 1. The number of nitrogens with one attached hydrogen (secondary N) is 1. The Morgan fingerprint density at radius 3 is 2.92 bits per heavy atom. The molecule has 1 aliphatic carbocycles. The summed E-state index contributed by atoms with van der Waals surface area (Å²) in [5.41, 5.74) is 2.02. The van der Waals surface area contributed by atoms with E-state index < -0.39 is 0 Å². The summed E-state index contributed by atoms with van der Waals surface area (Å²) in [4.78, 5) is 13.6. The summed E-state index contributed by atoms with van der Waals surface area (Å²) in [6.45, 7) is 2.22. The van der Waals surface area contributed by atoms with E-state index in [1.54, 1.807) is 22.2 Å². The first-order chi connectivity index (χ1) is 12.7. The Labute approximate surface area is 156 Å². The van der Waals surface area contributed by atoms with Gasteiger partial charge in [-0.05, 0) is 36.8 Å². The molecule has 0 unspecified atom stereocenters. The molecule has 3 heterocycles. The van der Waals surface area contributed by atoms with E-state index >= 15 is 0 Å². The number of nitrogens with zero attached hydrogens (tertiary/aromatic N) is 4. The van der Waals surface area contributed by atoms with Crippen LogP contribution >= 0.6 is 11.3 Å². The third-order valence-electron chi connectivity index (χ3n) is 4.86. The summed E-state index contributed by atoms with van der Waals surface area (Å²) < 4.78 is 3.68. The maximum atomic E-state index is 12.5. The molecule has 0 atom stereocenters. The molecule has 1 amide bonds. The largest absolute Gasteiger partial charge is 0.309 e. The first-order valence-corrected chi connectivity index (χ1v) is 10.00. The first kappa shape index (κ1) is 17.0. The molecule has 0 bridgehead atoms. The fourth-order valence-electron chi connectivity index (χ4n) is 3.62. The predicted molar refractivity (Wildman–Crippen MR) is 103 cm³/mol. The monoisotopic (exact) mass is 369 g/mol. The quantitative estimate of drug-likeness (QED) is 0.731. The van der Waals surface area contributed by atoms with Crippen molar-refractivity contribution in [2.45, 2.75) is 51.6 Å². The van der Waals surface area contributed by atoms with Crippen LogP contribution < -0.4 is 5.32 Å². The smallest absolute Gasteiger partial charge is 0.247 e. The Hall–Kier alpha value is -2.41. The van der Waals surface area contributed by atoms with Gasteiger partial charge in [0.2, 0.25) is 5.91 Å². The van der Waals surface area contributed by atoms with Crippen molar-refractivity contribution in [3.05, 3.63) is 41.5 Å². The van der Waals surface area contributed by atoms with Crippen molar-refractivity contribution in [1.82, 2.24) is 19.6 Å². The predicted octanol–water partition coefficient (Wildman–Crippen LogP) is 4.26. The van der Waals surface area contributed by atoms with Crippen LogP contribution in [0.4, 0.5) is 5.82 Å². The fraction of sp³-hybridized carbons (Fsp3) is 0.421. The lowest BCUT2D eigenvalue weighted by atomic mass is 9.96. The third kappa shape index (κ3) is 3.58. The number of anilines is 1. The highest BCUT2D eigenvalue weighted by atomic mass is 32.1. The summed E-state index contributed by atoms with van der Waals surface area (Å²) >= 11 is 1.66. The zero-order valence-corrected chi connectivity index (χ0v) is 15.7. The summed E-state index contributed by atoms with van der Waals surface area (Å²) in [5, 5.41) is 14.0. The average Bonchev–Trinajstić information content (AvgIpc) is 3.37. The summed E-state index contributed by atoms with van der Waals surface area (Å²) in [6, 6.07) is 6.33. The maximum absolute atomic E-state index is 12.5. The van der Waals surface area contributed by atoms with Crippen molar-refractivity contribution in [2.75, 3.05) is 5.32 Å². The van der Waals surface area contributed by atoms with E-state index in [0.29, 0.717) is 6.04 Å². The van der Waals surface area contributed by atoms with Crippen molar-refractivity contribution >= 4 is 23.1 Å². The Bertz CT molecular complexity index is 874. The summed E-state index contributed by atoms with van der Waals surface area (Å²) in [7, 11) is 0. The molecule has 3 aromatic heterocycles. The van der Waals surface area contributed by atoms with Crippen molar-refractivity contribution < 1.29 is 4.79 Å². The molecule has 0 aliphatic heterocycles. The van der Waals surface area contributed by atoms with Gasteiger partial charge in [-0.3, -0.25) is 9.48 Å². The molecule has 136 valence electrons. The van der Waals surface area contributed by atoms with E-state index in [9.17, 15) is 4.79 Å². The van der Waals surface area contributed by atoms with Gasteiger partial charge in [0.05, 0.1) is 17.1 Å². The van der Waals surface area contributed by atoms with Crippen LogP contribution in [0.2, 0.25) is 0 Å². The summed E-state index contributed by atoms with van der Waals surface area (Å²) in [6.07, 6.45) is 9.71. The first-order valence-electron chi connectivity index (χ1n) is 9.12. The zero-order valence-electron chi connectivity index (χ0n) is 14.9. The van der Waals surface area contributed by atoms with Gasteiger partial charge in [-0.15, -0.1) is 11.3 Å². The summed E-state index contributed by atoms with van der Waals surface area (Å²) in [5.74, 6) is 0.701. The number of carbonyl (C=O) groups excluding carboxylic acids is 1. The Balaban J connectivity index is 1.44. The molecule has 1 N–H and O–H groups in total. The molecule has 7 heteroatoms. The van der Waals surface area contributed by atoms with Crippen LogP contribution in [0.15, 0.2) is 36.0 Å². The number of amides is 1. The molecule has 1 aliphatic rings. The number of hydrogen-bond donors (Lipinski definition) is 1. The highest BCUT2D eigenvalue weighted by Gasteiger charge is 2.19. The van der Waals surface area contributed by atoms with Crippen LogP contribution in [0.5, 0.6) is 0 Å². The van der Waals surface area contributed by atoms with Crippen LogP contribution in [0.25, 0.3) is 10.6 Å². The van der Waals surface area contributed by atoms with Gasteiger partial charge >= 0.3 is 0 Å². The lowest BCUT2D eigenvalue weighted by molar-refractivity contribution is -0.116. The van der Waals surface area contributed by atoms with E-state index in [1.165, 1.54) is 19.3 Å². The topological polar surface area (TPSA) is 64.7 Å². The van der Waals surface area contributed by atoms with Crippen molar-refractivity contribution in [3.8, 4) is 10.6 Å². The Morgan fingerprint density at radius 2 is 2.15 bits per heavy atom. The SMILES string of the molecule is Cc1cn(CC(=O)Nc2ccnn2C2CCCCC2)nc1-c1cccs1. The standard InChI is InChI=1S/C19H23N5OS/c1-14-12-23(22-19(14)16-8-5-11-26-16)13-18(25)21-17-9-10-20-24(17)15-6-3-2-4-7-15/h5,8-12,15H,2-4,6-7,13H2,1H3,(H,21,25). The normalized spacial score (nSPS) is 15.3. The molecule has 0 saturated heterocycles. The van der Waals surface area contributed by atoms with Gasteiger partial charge in [0.25, 0.3) is 0 Å². The van der Waals surface area contributed by atoms with Crippen molar-refractivity contribution in [2.24, 2.45) is 0 Å². The molecule has 26 heavy (non-hydrogen) atoms. The van der Waals surface area contributed by atoms with Gasteiger partial charge in [-0.25, -0.2) is 4.68 Å². The molecule has 0 aromatic carbocycles. The van der Waals surface area contributed by atoms with Gasteiger partial charge in [0, 0.05) is 12.3 Å². The fourth-order valence-corrected chi connectivity index (χ4v) is 4.39. The second-order valence-corrected chi connectivity index (χ2v) is 7.78. The molecule has 1 saturated carbocycles. The van der Waals surface area contributed by atoms with Gasteiger partial charge < -0.3 is 5.32 Å². The molecular formula is C19H23N5OS. The average molecular weight is 369 g/mol. The van der Waals surface area contributed by atoms with Crippen molar-refractivity contribution in [1.29, 1.82) is 0 Å². The highest BCUT2D eigenvalue weighted by Crippen LogP contribution is 2.30. The van der Waals surface area contributed by atoms with Crippen molar-refractivity contribution in [3.63, 3.8) is 0 Å². The van der Waals surface area contributed by atoms with Gasteiger partial charge in [0.1, 0.15) is 18.1 Å². The molecule has 0 radical (unpaired) electrons. The molecule has 1 fully saturated rings. The van der Waals surface area contributed by atoms with Crippen LogP contribution in [0.1, 0.15) is 43.7 Å². The lowest BCUT2D eigenvalue weighted by Crippen LogP contribution is -2.23. The number of thiophene rings is 1. The number of hydrogen-bond acceptors (Lipinski definition) is 4. The van der Waals surface area contributed by atoms with E-state index in [4.69, 9.17) is 0 Å². The molecule has 3 aromatic rings. The van der Waals surface area contributed by atoms with E-state index in [-0.39, 0.29) is 12.5 Å². The van der Waals surface area contributed by atoms with Crippen LogP contribution in [0, 0.1) is 6.92 Å². The molecular weight excluding hydrogens is 346 g/mol. The minimum absolute atomic E-state index is 0.0808. The van der Waals surface area contributed by atoms with Crippen LogP contribution in [-0.2, 0) is 11.3 Å². The molecule has 4 rings (SSSR count). The van der Waals surface area contributed by atoms with Gasteiger partial charge in [-0.1, -0.05) is 25.3 Å². The number of rotatable bonds is 5. The minimum atomic E-state index is -0.0808. The molecule has 0 spiro atoms. The van der Waals surface area contributed by atoms with E-state index in [2.05, 4.69) is 15.5 Å². The Morgan fingerprint density at radius 1 is 1.31 bits per heavy atom. The highest BCUT2D eigenvalue weighted by molar-refractivity contribution is 7.13. The second kappa shape index (κ2) is 7.45. The lowest BCUT2D eigenvalue weighted by Gasteiger charge is -2.23.